The lowest BCUT2D eigenvalue weighted by Gasteiger charge is -2.18. The van der Waals surface area contributed by atoms with Crippen LogP contribution < -0.4 is 10.1 Å². The van der Waals surface area contributed by atoms with Gasteiger partial charge in [0.1, 0.15) is 0 Å². The van der Waals surface area contributed by atoms with Crippen molar-refractivity contribution in [2.24, 2.45) is 0 Å². The van der Waals surface area contributed by atoms with Crippen molar-refractivity contribution in [3.05, 3.63) is 80.1 Å². The van der Waals surface area contributed by atoms with Crippen LogP contribution in [0, 0.1) is 6.92 Å². The predicted octanol–water partition coefficient (Wildman–Crippen LogP) is 3.97. The van der Waals surface area contributed by atoms with E-state index in [0.29, 0.717) is 15.3 Å². The summed E-state index contributed by atoms with van der Waals surface area (Å²) in [5, 5.41) is 4.44. The molecule has 0 radical (unpaired) electrons. The Morgan fingerprint density at radius 2 is 1.74 bits per heavy atom. The number of nitrogens with zero attached hydrogens (tertiary/aromatic N) is 3. The molecule has 0 bridgehead atoms. The van der Waals surface area contributed by atoms with Gasteiger partial charge in [0, 0.05) is 5.56 Å². The third-order valence-corrected chi connectivity index (χ3v) is 5.60. The van der Waals surface area contributed by atoms with E-state index in [-0.39, 0.29) is 11.0 Å². The van der Waals surface area contributed by atoms with Crippen LogP contribution in [0.3, 0.4) is 0 Å². The summed E-state index contributed by atoms with van der Waals surface area (Å²) in [5.74, 6) is 0.595. The molecule has 0 aliphatic rings. The van der Waals surface area contributed by atoms with Gasteiger partial charge in [0.15, 0.2) is 5.82 Å². The molecule has 4 aromatic rings. The first kappa shape index (κ1) is 17.6. The van der Waals surface area contributed by atoms with Gasteiger partial charge in [-0.1, -0.05) is 80.6 Å². The Morgan fingerprint density at radius 3 is 2.37 bits per heavy atom. The number of fused-ring (bicyclic) bond motifs is 1. The minimum atomic E-state index is -0.123. The van der Waals surface area contributed by atoms with E-state index >= 15 is 0 Å². The van der Waals surface area contributed by atoms with E-state index in [2.05, 4.69) is 55.1 Å². The number of benzene rings is 2. The summed E-state index contributed by atoms with van der Waals surface area (Å²) in [7, 11) is 0. The average Bonchev–Trinajstić information content (AvgIpc) is 3.15. The van der Waals surface area contributed by atoms with Gasteiger partial charge in [0.2, 0.25) is 4.96 Å². The Balaban J connectivity index is 1.75. The summed E-state index contributed by atoms with van der Waals surface area (Å²) in [4.78, 5) is 17.9. The van der Waals surface area contributed by atoms with E-state index in [1.54, 1.807) is 0 Å². The van der Waals surface area contributed by atoms with E-state index in [0.717, 1.165) is 16.7 Å². The molecule has 0 fully saturated rings. The Kier molecular flexibility index (Phi) is 4.19. The molecule has 0 aliphatic heterocycles. The summed E-state index contributed by atoms with van der Waals surface area (Å²) in [6.07, 6.45) is 1.91. The highest BCUT2D eigenvalue weighted by Crippen LogP contribution is 2.22. The predicted molar refractivity (Wildman–Crippen MR) is 111 cm³/mol. The zero-order chi connectivity index (χ0) is 19.2. The second-order valence-corrected chi connectivity index (χ2v) is 8.74. The molecular weight excluding hydrogens is 354 g/mol. The van der Waals surface area contributed by atoms with Gasteiger partial charge >= 0.3 is 0 Å². The molecule has 4 rings (SSSR count). The van der Waals surface area contributed by atoms with Crippen LogP contribution in [0.15, 0.2) is 53.3 Å². The van der Waals surface area contributed by atoms with Crippen molar-refractivity contribution in [2.75, 3.05) is 0 Å². The van der Waals surface area contributed by atoms with E-state index in [1.165, 1.54) is 21.4 Å². The molecule has 0 unspecified atom stereocenters. The Morgan fingerprint density at radius 1 is 1.04 bits per heavy atom. The van der Waals surface area contributed by atoms with Gasteiger partial charge in [0.05, 0.1) is 4.53 Å². The molecule has 0 saturated carbocycles. The van der Waals surface area contributed by atoms with Crippen LogP contribution in [-0.2, 0) is 5.41 Å². The lowest BCUT2D eigenvalue weighted by atomic mass is 9.87. The van der Waals surface area contributed by atoms with Crippen molar-refractivity contribution in [1.82, 2.24) is 14.6 Å². The maximum Gasteiger partial charge on any atom is 0.291 e. The van der Waals surface area contributed by atoms with E-state index < -0.39 is 0 Å². The van der Waals surface area contributed by atoms with Crippen LogP contribution in [0.2, 0.25) is 0 Å². The van der Waals surface area contributed by atoms with Crippen LogP contribution in [-0.4, -0.2) is 14.6 Å². The lowest BCUT2D eigenvalue weighted by molar-refractivity contribution is 0.590. The molecule has 0 amide bonds. The minimum absolute atomic E-state index is 0.113. The molecule has 2 aromatic carbocycles. The second kappa shape index (κ2) is 6.43. The molecule has 5 heteroatoms. The highest BCUT2D eigenvalue weighted by Gasteiger charge is 2.14. The van der Waals surface area contributed by atoms with Gasteiger partial charge < -0.3 is 0 Å². The molecule has 136 valence electrons. The molecular formula is C22H21N3OS. The van der Waals surface area contributed by atoms with Crippen LogP contribution in [0.4, 0.5) is 0 Å². The molecule has 0 saturated heterocycles. The summed E-state index contributed by atoms with van der Waals surface area (Å²) in [5.41, 5.74) is 4.31. The fraction of sp³-hybridized carbons (Fsp3) is 0.227. The molecule has 0 aliphatic carbocycles. The zero-order valence-electron chi connectivity index (χ0n) is 15.9. The highest BCUT2D eigenvalue weighted by molar-refractivity contribution is 7.15. The number of thiazole rings is 1. The van der Waals surface area contributed by atoms with Gasteiger partial charge in [-0.15, -0.1) is 5.10 Å². The monoisotopic (exact) mass is 375 g/mol. The van der Waals surface area contributed by atoms with Gasteiger partial charge in [-0.25, -0.2) is 0 Å². The van der Waals surface area contributed by atoms with Crippen molar-refractivity contribution in [3.8, 4) is 11.4 Å². The summed E-state index contributed by atoms with van der Waals surface area (Å²) in [6, 6.07) is 16.3. The van der Waals surface area contributed by atoms with Crippen molar-refractivity contribution >= 4 is 22.4 Å². The standard InChI is InChI=1S/C22H21N3OS/c1-14-7-5-6-8-17(14)19-23-21-25(24-19)20(26)18(27-21)13-15-9-11-16(12-10-15)22(2,3)4/h5-13H,1-4H3. The van der Waals surface area contributed by atoms with Crippen molar-refractivity contribution < 1.29 is 0 Å². The van der Waals surface area contributed by atoms with Crippen molar-refractivity contribution in [2.45, 2.75) is 33.1 Å². The Hall–Kier alpha value is -2.79. The number of aromatic nitrogens is 3. The van der Waals surface area contributed by atoms with Crippen LogP contribution in [0.5, 0.6) is 0 Å². The van der Waals surface area contributed by atoms with Gasteiger partial charge in [-0.3, -0.25) is 4.79 Å². The van der Waals surface area contributed by atoms with Gasteiger partial charge in [-0.2, -0.15) is 9.50 Å². The van der Waals surface area contributed by atoms with Gasteiger partial charge in [0.25, 0.3) is 5.56 Å². The van der Waals surface area contributed by atoms with E-state index in [9.17, 15) is 4.79 Å². The number of hydrogen-bond donors (Lipinski definition) is 0. The maximum atomic E-state index is 12.7. The van der Waals surface area contributed by atoms with E-state index in [4.69, 9.17) is 0 Å². The first-order valence-corrected chi connectivity index (χ1v) is 9.72. The average molecular weight is 375 g/mol. The molecule has 4 nitrogen and oxygen atoms in total. The van der Waals surface area contributed by atoms with Gasteiger partial charge in [-0.05, 0) is 35.1 Å². The maximum absolute atomic E-state index is 12.7. The smallest absolute Gasteiger partial charge is 0.266 e. The second-order valence-electron chi connectivity index (χ2n) is 7.73. The number of aryl methyl sites for hydroxylation is 1. The number of rotatable bonds is 2. The van der Waals surface area contributed by atoms with Crippen LogP contribution in [0.25, 0.3) is 22.4 Å². The van der Waals surface area contributed by atoms with Crippen LogP contribution in [0.1, 0.15) is 37.5 Å². The fourth-order valence-corrected chi connectivity index (χ4v) is 3.91. The van der Waals surface area contributed by atoms with Crippen LogP contribution >= 0.6 is 11.3 Å². The first-order valence-electron chi connectivity index (χ1n) is 8.91. The summed E-state index contributed by atoms with van der Waals surface area (Å²) in [6.45, 7) is 8.58. The minimum Gasteiger partial charge on any atom is -0.266 e. The normalized spacial score (nSPS) is 12.8. The molecule has 0 atom stereocenters. The van der Waals surface area contributed by atoms with Crippen molar-refractivity contribution in [1.29, 1.82) is 0 Å². The molecule has 2 aromatic heterocycles. The third-order valence-electron chi connectivity index (χ3n) is 4.64. The molecule has 2 heterocycles. The lowest BCUT2D eigenvalue weighted by Crippen LogP contribution is -2.23. The fourth-order valence-electron chi connectivity index (χ4n) is 3.00. The highest BCUT2D eigenvalue weighted by atomic mass is 32.1. The zero-order valence-corrected chi connectivity index (χ0v) is 16.7. The quantitative estimate of drug-likeness (QED) is 0.533. The Labute approximate surface area is 161 Å². The topological polar surface area (TPSA) is 47.3 Å². The number of hydrogen-bond acceptors (Lipinski definition) is 4. The third kappa shape index (κ3) is 3.30. The SMILES string of the molecule is Cc1ccccc1-c1nc2sc(=Cc3ccc(C(C)(C)C)cc3)c(=O)n2n1. The molecule has 0 N–H and O–H groups in total. The first-order chi connectivity index (χ1) is 12.8. The summed E-state index contributed by atoms with van der Waals surface area (Å²) >= 11 is 1.37. The van der Waals surface area contributed by atoms with E-state index in [1.807, 2.05) is 37.3 Å². The Bertz CT molecular complexity index is 1230. The molecule has 0 spiro atoms. The molecule has 27 heavy (non-hydrogen) atoms. The van der Waals surface area contributed by atoms with Crippen molar-refractivity contribution in [3.63, 3.8) is 0 Å². The largest absolute Gasteiger partial charge is 0.291 e. The summed E-state index contributed by atoms with van der Waals surface area (Å²) < 4.78 is 2.05.